The van der Waals surface area contributed by atoms with Crippen LogP contribution in [0.4, 0.5) is 4.39 Å². The molecule has 8 heteroatoms. The monoisotopic (exact) mass is 341 g/mol. The van der Waals surface area contributed by atoms with E-state index < -0.39 is 0 Å². The van der Waals surface area contributed by atoms with Gasteiger partial charge in [-0.3, -0.25) is 9.97 Å². The van der Waals surface area contributed by atoms with Gasteiger partial charge in [0.2, 0.25) is 0 Å². The van der Waals surface area contributed by atoms with Crippen LogP contribution in [0.25, 0.3) is 32.3 Å². The third kappa shape index (κ3) is 2.73. The number of pyridine rings is 2. The van der Waals surface area contributed by atoms with E-state index in [9.17, 15) is 4.39 Å². The minimum Gasteiger partial charge on any atom is -0.329 e. The van der Waals surface area contributed by atoms with E-state index >= 15 is 0 Å². The number of nitrogens with one attached hydrogen (secondary N) is 1. The maximum absolute atomic E-state index is 13.3. The molecule has 0 spiro atoms. The first-order valence-corrected chi connectivity index (χ1v) is 7.85. The maximum Gasteiger partial charge on any atom is 0.156 e. The molecule has 0 radical (unpaired) electrons. The molecule has 4 aromatic heterocycles. The largest absolute Gasteiger partial charge is 0.329 e. The predicted molar refractivity (Wildman–Crippen MR) is 89.0 cm³/mol. The van der Waals surface area contributed by atoms with Crippen LogP contribution in [0.3, 0.4) is 0 Å². The van der Waals surface area contributed by atoms with Gasteiger partial charge in [-0.15, -0.1) is 11.3 Å². The lowest BCUT2D eigenvalue weighted by Gasteiger charge is -1.98. The Morgan fingerprint density at radius 2 is 2.04 bits per heavy atom. The topological polar surface area (TPSA) is 67.3 Å². The molecule has 0 amide bonds. The number of thiazole rings is 1. The molecule has 0 unspecified atom stereocenters. The lowest BCUT2D eigenvalue weighted by Crippen LogP contribution is -1.90. The predicted octanol–water partition coefficient (Wildman–Crippen LogP) is 4.01. The lowest BCUT2D eigenvalue weighted by molar-refractivity contribution is 0.622. The summed E-state index contributed by atoms with van der Waals surface area (Å²) in [6, 6.07) is 5.00. The van der Waals surface area contributed by atoms with Gasteiger partial charge in [-0.1, -0.05) is 12.2 Å². The van der Waals surface area contributed by atoms with E-state index in [4.69, 9.17) is 12.2 Å². The van der Waals surface area contributed by atoms with Gasteiger partial charge in [0.25, 0.3) is 0 Å². The highest BCUT2D eigenvalue weighted by molar-refractivity contribution is 7.71. The number of nitrogens with zero attached hydrogens (tertiary/aromatic N) is 4. The molecule has 0 aliphatic heterocycles. The number of H-pyrrole nitrogens is 1. The van der Waals surface area contributed by atoms with Gasteiger partial charge in [0, 0.05) is 18.0 Å². The summed E-state index contributed by atoms with van der Waals surface area (Å²) in [5.41, 5.74) is 2.06. The highest BCUT2D eigenvalue weighted by Crippen LogP contribution is 2.31. The fourth-order valence-corrected chi connectivity index (χ4v) is 3.23. The number of halogens is 1. The normalized spacial score (nSPS) is 11.0. The molecule has 0 saturated carbocycles. The summed E-state index contributed by atoms with van der Waals surface area (Å²) in [6.45, 7) is 0. The first kappa shape index (κ1) is 14.0. The zero-order valence-corrected chi connectivity index (χ0v) is 13.2. The fraction of sp³-hybridized carbons (Fsp3) is 0. The second-order valence-electron chi connectivity index (χ2n) is 4.73. The summed E-state index contributed by atoms with van der Waals surface area (Å²) in [6.07, 6.45) is 6.06. The van der Waals surface area contributed by atoms with Gasteiger partial charge in [0.15, 0.2) is 5.82 Å². The number of aromatic amines is 1. The zero-order valence-electron chi connectivity index (χ0n) is 11.5. The number of rotatable bonds is 2. The summed E-state index contributed by atoms with van der Waals surface area (Å²) in [4.78, 5) is 19.9. The highest BCUT2D eigenvalue weighted by atomic mass is 32.1. The van der Waals surface area contributed by atoms with Crippen molar-refractivity contribution in [1.29, 1.82) is 0 Å². The van der Waals surface area contributed by atoms with Gasteiger partial charge < -0.3 is 4.98 Å². The van der Waals surface area contributed by atoms with Crippen molar-refractivity contribution >= 4 is 33.8 Å². The van der Waals surface area contributed by atoms with Gasteiger partial charge >= 0.3 is 0 Å². The average molecular weight is 341 g/mol. The third-order valence-electron chi connectivity index (χ3n) is 3.14. The Labute approximate surface area is 138 Å². The van der Waals surface area contributed by atoms with Crippen LogP contribution < -0.4 is 0 Å². The van der Waals surface area contributed by atoms with E-state index in [-0.39, 0.29) is 5.82 Å². The first-order chi connectivity index (χ1) is 11.2. The molecule has 0 aromatic carbocycles. The Bertz CT molecular complexity index is 1070. The van der Waals surface area contributed by atoms with Crippen LogP contribution in [-0.4, -0.2) is 24.9 Å². The average Bonchev–Trinajstić information content (AvgIpc) is 2.98. The van der Waals surface area contributed by atoms with Crippen molar-refractivity contribution < 1.29 is 4.39 Å². The Morgan fingerprint density at radius 1 is 1.13 bits per heavy atom. The summed E-state index contributed by atoms with van der Waals surface area (Å²) in [7, 11) is 0. The van der Waals surface area contributed by atoms with Crippen LogP contribution in [0.15, 0.2) is 43.0 Å². The smallest absolute Gasteiger partial charge is 0.156 e. The van der Waals surface area contributed by atoms with E-state index in [1.807, 2.05) is 6.07 Å². The first-order valence-electron chi connectivity index (χ1n) is 6.62. The molecule has 112 valence electrons. The molecule has 4 rings (SSSR count). The van der Waals surface area contributed by atoms with Crippen LogP contribution in [0.5, 0.6) is 0 Å². The quantitative estimate of drug-likeness (QED) is 0.558. The Kier molecular flexibility index (Phi) is 3.40. The molecule has 0 bridgehead atoms. The van der Waals surface area contributed by atoms with Crippen LogP contribution in [0.2, 0.25) is 0 Å². The second kappa shape index (κ2) is 5.56. The minimum absolute atomic E-state index is 0.387. The molecule has 0 aliphatic rings. The molecular formula is C15H8FN5S2. The van der Waals surface area contributed by atoms with Crippen molar-refractivity contribution in [2.75, 3.05) is 0 Å². The van der Waals surface area contributed by atoms with Gasteiger partial charge in [0.1, 0.15) is 26.7 Å². The number of hydrogen-bond acceptors (Lipinski definition) is 6. The third-order valence-corrected chi connectivity index (χ3v) is 4.45. The van der Waals surface area contributed by atoms with E-state index in [2.05, 4.69) is 24.9 Å². The van der Waals surface area contributed by atoms with E-state index in [0.717, 1.165) is 10.2 Å². The highest BCUT2D eigenvalue weighted by Gasteiger charge is 2.10. The van der Waals surface area contributed by atoms with Crippen molar-refractivity contribution in [3.05, 3.63) is 53.4 Å². The fourth-order valence-electron chi connectivity index (χ4n) is 2.11. The molecule has 5 nitrogen and oxygen atoms in total. The van der Waals surface area contributed by atoms with Crippen molar-refractivity contribution in [3.8, 4) is 22.1 Å². The van der Waals surface area contributed by atoms with Crippen molar-refractivity contribution in [2.24, 2.45) is 0 Å². The molecule has 0 atom stereocenters. The molecule has 4 heterocycles. The van der Waals surface area contributed by atoms with Gasteiger partial charge in [-0.25, -0.2) is 14.4 Å². The van der Waals surface area contributed by atoms with Gasteiger partial charge in [0.05, 0.1) is 17.1 Å². The maximum atomic E-state index is 13.3. The molecule has 0 aliphatic carbocycles. The van der Waals surface area contributed by atoms with Gasteiger partial charge in [-0.05, 0) is 18.2 Å². The molecule has 0 saturated heterocycles. The Balaban J connectivity index is 1.82. The SMILES string of the molecule is Fc1cncc(-c2nc3cnc(-c4nccc(=S)[nH]4)cc3s2)c1. The molecule has 0 fully saturated rings. The van der Waals surface area contributed by atoms with Gasteiger partial charge in [-0.2, -0.15) is 0 Å². The van der Waals surface area contributed by atoms with Crippen LogP contribution in [0.1, 0.15) is 0 Å². The molecule has 4 aromatic rings. The number of aromatic nitrogens is 5. The second-order valence-corrected chi connectivity index (χ2v) is 6.20. The van der Waals surface area contributed by atoms with Crippen molar-refractivity contribution in [2.45, 2.75) is 0 Å². The Morgan fingerprint density at radius 3 is 2.87 bits per heavy atom. The number of fused-ring (bicyclic) bond motifs is 1. The van der Waals surface area contributed by atoms with E-state index in [1.54, 1.807) is 24.7 Å². The summed E-state index contributed by atoms with van der Waals surface area (Å²) in [5.74, 6) is 0.211. The van der Waals surface area contributed by atoms with Crippen LogP contribution in [0, 0.1) is 10.5 Å². The standard InChI is InChI=1S/C15H8FN5S2/c16-9-3-8(5-17-6-9)15-20-11-7-19-10(4-12(11)23-15)14-18-2-1-13(22)21-14/h1-7H,(H,18,21,22). The molecular weight excluding hydrogens is 333 g/mol. The minimum atomic E-state index is -0.387. The Hall–Kier alpha value is -2.58. The van der Waals surface area contributed by atoms with Crippen molar-refractivity contribution in [1.82, 2.24) is 24.9 Å². The van der Waals surface area contributed by atoms with E-state index in [1.165, 1.54) is 23.6 Å². The van der Waals surface area contributed by atoms with Crippen LogP contribution in [-0.2, 0) is 0 Å². The zero-order chi connectivity index (χ0) is 15.8. The number of hydrogen-bond donors (Lipinski definition) is 1. The summed E-state index contributed by atoms with van der Waals surface area (Å²) < 4.78 is 14.8. The van der Waals surface area contributed by atoms with E-state index in [0.29, 0.717) is 26.7 Å². The summed E-state index contributed by atoms with van der Waals surface area (Å²) in [5, 5.41) is 0.694. The van der Waals surface area contributed by atoms with Crippen molar-refractivity contribution in [3.63, 3.8) is 0 Å². The molecule has 1 N–H and O–H groups in total. The van der Waals surface area contributed by atoms with Crippen LogP contribution >= 0.6 is 23.6 Å². The molecule has 23 heavy (non-hydrogen) atoms. The summed E-state index contributed by atoms with van der Waals surface area (Å²) >= 11 is 6.55. The lowest BCUT2D eigenvalue weighted by atomic mass is 10.3.